The molecule has 0 radical (unpaired) electrons. The average molecular weight is 368 g/mol. The number of anilines is 1. The molecule has 3 N–H and O–H groups in total. The zero-order valence-electron chi connectivity index (χ0n) is 14.7. The number of nitriles is 2. The molecular weight excluding hydrogens is 352 g/mol. The largest absolute Gasteiger partial charge is 0.493 e. The van der Waals surface area contributed by atoms with E-state index in [1.807, 2.05) is 6.07 Å². The summed E-state index contributed by atoms with van der Waals surface area (Å²) < 4.78 is 15.4. The molecule has 1 heterocycles. The van der Waals surface area contributed by atoms with Crippen LogP contribution in [0, 0.1) is 22.7 Å². The van der Waals surface area contributed by atoms with E-state index in [9.17, 15) is 20.1 Å². The number of benzene rings is 1. The highest BCUT2D eigenvalue weighted by molar-refractivity contribution is 5.81. The standard InChI is InChI=1S/C18H16N4O5/c1-3-26-15(23)9-27-13-5-4-10(6-14(13)25-2)16-11(7-19)17(21)22-18(24)12(16)8-20/h4-6H,3,9H2,1-2H3,(H3,21,22,24). The predicted octanol–water partition coefficient (Wildman–Crippen LogP) is 1.32. The lowest BCUT2D eigenvalue weighted by Crippen LogP contribution is -2.16. The number of carbonyl (C=O) groups excluding carboxylic acids is 1. The first-order chi connectivity index (χ1) is 13.0. The number of nitrogens with two attached hydrogens (primary N) is 1. The highest BCUT2D eigenvalue weighted by atomic mass is 16.6. The number of H-pyrrole nitrogens is 1. The van der Waals surface area contributed by atoms with Crippen LogP contribution in [0.25, 0.3) is 11.1 Å². The number of ether oxygens (including phenoxy) is 3. The zero-order valence-corrected chi connectivity index (χ0v) is 14.7. The van der Waals surface area contributed by atoms with Gasteiger partial charge >= 0.3 is 5.97 Å². The van der Waals surface area contributed by atoms with E-state index in [0.29, 0.717) is 5.56 Å². The number of nitrogens with one attached hydrogen (secondary N) is 1. The van der Waals surface area contributed by atoms with Gasteiger partial charge in [0.25, 0.3) is 5.56 Å². The van der Waals surface area contributed by atoms with Crippen molar-refractivity contribution >= 4 is 11.8 Å². The minimum atomic E-state index is -0.703. The van der Waals surface area contributed by atoms with E-state index < -0.39 is 11.5 Å². The van der Waals surface area contributed by atoms with Crippen LogP contribution in [0.5, 0.6) is 11.5 Å². The zero-order chi connectivity index (χ0) is 20.0. The number of nitrogens with zero attached hydrogens (tertiary/aromatic N) is 2. The van der Waals surface area contributed by atoms with Gasteiger partial charge in [-0.2, -0.15) is 10.5 Å². The first kappa shape index (κ1) is 19.3. The van der Waals surface area contributed by atoms with Gasteiger partial charge in [-0.15, -0.1) is 0 Å². The van der Waals surface area contributed by atoms with Crippen molar-refractivity contribution < 1.29 is 19.0 Å². The summed E-state index contributed by atoms with van der Waals surface area (Å²) >= 11 is 0. The molecular formula is C18H16N4O5. The molecule has 2 rings (SSSR count). The molecule has 9 heteroatoms. The maximum absolute atomic E-state index is 12.0. The SMILES string of the molecule is CCOC(=O)COc1ccc(-c2c(C#N)c(N)[nH]c(=O)c2C#N)cc1OC. The molecule has 0 bridgehead atoms. The van der Waals surface area contributed by atoms with Gasteiger partial charge in [0.1, 0.15) is 29.1 Å². The molecule has 0 aliphatic carbocycles. The molecule has 0 saturated carbocycles. The summed E-state index contributed by atoms with van der Waals surface area (Å²) in [4.78, 5) is 25.7. The van der Waals surface area contributed by atoms with Crippen LogP contribution in [0.2, 0.25) is 0 Å². The van der Waals surface area contributed by atoms with Crippen molar-refractivity contribution in [3.8, 4) is 34.8 Å². The number of hydrogen-bond donors (Lipinski definition) is 2. The van der Waals surface area contributed by atoms with Crippen LogP contribution in [-0.4, -0.2) is 31.3 Å². The fraction of sp³-hybridized carbons (Fsp3) is 0.222. The van der Waals surface area contributed by atoms with E-state index in [2.05, 4.69) is 4.98 Å². The monoisotopic (exact) mass is 368 g/mol. The van der Waals surface area contributed by atoms with Gasteiger partial charge in [-0.1, -0.05) is 6.07 Å². The minimum Gasteiger partial charge on any atom is -0.493 e. The maximum atomic E-state index is 12.0. The van der Waals surface area contributed by atoms with Gasteiger partial charge in [-0.05, 0) is 24.6 Å². The maximum Gasteiger partial charge on any atom is 0.344 e. The molecule has 138 valence electrons. The smallest absolute Gasteiger partial charge is 0.344 e. The molecule has 0 fully saturated rings. The highest BCUT2D eigenvalue weighted by Gasteiger charge is 2.20. The molecule has 0 saturated heterocycles. The summed E-state index contributed by atoms with van der Waals surface area (Å²) in [5.74, 6) is -0.185. The van der Waals surface area contributed by atoms with E-state index in [4.69, 9.17) is 19.9 Å². The second-order valence-electron chi connectivity index (χ2n) is 5.18. The van der Waals surface area contributed by atoms with Crippen molar-refractivity contribution in [3.05, 3.63) is 39.7 Å². The lowest BCUT2D eigenvalue weighted by atomic mass is 9.96. The summed E-state index contributed by atoms with van der Waals surface area (Å²) in [7, 11) is 1.39. The molecule has 0 amide bonds. The molecule has 27 heavy (non-hydrogen) atoms. The Hall–Kier alpha value is -3.98. The molecule has 9 nitrogen and oxygen atoms in total. The number of esters is 1. The van der Waals surface area contributed by atoms with Crippen molar-refractivity contribution in [3.63, 3.8) is 0 Å². The fourth-order valence-electron chi connectivity index (χ4n) is 2.41. The summed E-state index contributed by atoms with van der Waals surface area (Å²) in [6.45, 7) is 1.60. The Kier molecular flexibility index (Phi) is 6.02. The number of methoxy groups -OCH3 is 1. The molecule has 2 aromatic rings. The Bertz CT molecular complexity index is 1010. The Morgan fingerprint density at radius 3 is 2.52 bits per heavy atom. The van der Waals surface area contributed by atoms with Gasteiger partial charge in [-0.3, -0.25) is 4.79 Å². The van der Waals surface area contributed by atoms with Gasteiger partial charge in [0.05, 0.1) is 13.7 Å². The summed E-state index contributed by atoms with van der Waals surface area (Å²) in [6, 6.07) is 8.18. The van der Waals surface area contributed by atoms with Gasteiger partial charge < -0.3 is 24.9 Å². The van der Waals surface area contributed by atoms with E-state index in [1.54, 1.807) is 13.0 Å². The third-order valence-electron chi connectivity index (χ3n) is 3.57. The highest BCUT2D eigenvalue weighted by Crippen LogP contribution is 2.35. The molecule has 0 aliphatic heterocycles. The molecule has 1 aromatic heterocycles. The topological polar surface area (TPSA) is 151 Å². The summed E-state index contributed by atoms with van der Waals surface area (Å²) in [5.41, 5.74) is 5.18. The van der Waals surface area contributed by atoms with Crippen LogP contribution in [0.4, 0.5) is 5.82 Å². The number of rotatable bonds is 6. The normalized spacial score (nSPS) is 9.78. The Morgan fingerprint density at radius 2 is 1.93 bits per heavy atom. The lowest BCUT2D eigenvalue weighted by Gasteiger charge is -2.13. The van der Waals surface area contributed by atoms with Crippen LogP contribution in [0.15, 0.2) is 23.0 Å². The number of nitrogen functional groups attached to an aromatic ring is 1. The molecule has 0 spiro atoms. The van der Waals surface area contributed by atoms with Crippen molar-refractivity contribution in [2.45, 2.75) is 6.92 Å². The third kappa shape index (κ3) is 3.99. The van der Waals surface area contributed by atoms with E-state index in [-0.39, 0.29) is 47.2 Å². The van der Waals surface area contributed by atoms with E-state index in [0.717, 1.165) is 0 Å². The van der Waals surface area contributed by atoms with Crippen LogP contribution in [0.1, 0.15) is 18.1 Å². The van der Waals surface area contributed by atoms with Gasteiger partial charge in [0, 0.05) is 5.56 Å². The molecule has 0 aliphatic rings. The number of carbonyl (C=O) groups is 1. The van der Waals surface area contributed by atoms with Crippen LogP contribution in [-0.2, 0) is 9.53 Å². The van der Waals surface area contributed by atoms with Gasteiger partial charge in [-0.25, -0.2) is 4.79 Å². The number of aromatic nitrogens is 1. The predicted molar refractivity (Wildman–Crippen MR) is 95.0 cm³/mol. The van der Waals surface area contributed by atoms with Gasteiger partial charge in [0.2, 0.25) is 0 Å². The van der Waals surface area contributed by atoms with Crippen LogP contribution in [0.3, 0.4) is 0 Å². The first-order valence-electron chi connectivity index (χ1n) is 7.79. The van der Waals surface area contributed by atoms with Gasteiger partial charge in [0.15, 0.2) is 18.1 Å². The second-order valence-corrected chi connectivity index (χ2v) is 5.18. The average Bonchev–Trinajstić information content (AvgIpc) is 2.66. The fourth-order valence-corrected chi connectivity index (χ4v) is 2.41. The molecule has 1 aromatic carbocycles. The van der Waals surface area contributed by atoms with Crippen molar-refractivity contribution in [1.82, 2.24) is 4.98 Å². The summed E-state index contributed by atoms with van der Waals surface area (Å²) in [6.07, 6.45) is 0. The lowest BCUT2D eigenvalue weighted by molar-refractivity contribution is -0.145. The second kappa shape index (κ2) is 8.41. The van der Waals surface area contributed by atoms with E-state index >= 15 is 0 Å². The van der Waals surface area contributed by atoms with Crippen molar-refractivity contribution in [2.75, 3.05) is 26.1 Å². The number of hydrogen-bond acceptors (Lipinski definition) is 8. The number of pyridine rings is 1. The third-order valence-corrected chi connectivity index (χ3v) is 3.57. The summed E-state index contributed by atoms with van der Waals surface area (Å²) in [5, 5.41) is 18.7. The Balaban J connectivity index is 2.53. The van der Waals surface area contributed by atoms with Crippen LogP contribution < -0.4 is 20.8 Å². The van der Waals surface area contributed by atoms with Crippen molar-refractivity contribution in [1.29, 1.82) is 10.5 Å². The Labute approximate surface area is 154 Å². The quantitative estimate of drug-likeness (QED) is 0.724. The van der Waals surface area contributed by atoms with E-state index in [1.165, 1.54) is 25.3 Å². The van der Waals surface area contributed by atoms with Crippen LogP contribution >= 0.6 is 0 Å². The Morgan fingerprint density at radius 1 is 1.22 bits per heavy atom. The molecule has 0 atom stereocenters. The first-order valence-corrected chi connectivity index (χ1v) is 7.79. The molecule has 0 unspecified atom stereocenters. The number of aromatic amines is 1. The minimum absolute atomic E-state index is 0.0339. The van der Waals surface area contributed by atoms with Crippen molar-refractivity contribution in [2.24, 2.45) is 0 Å².